The maximum absolute atomic E-state index is 12.5. The third-order valence-corrected chi connectivity index (χ3v) is 5.35. The quantitative estimate of drug-likeness (QED) is 0.766. The molecule has 0 radical (unpaired) electrons. The van der Waals surface area contributed by atoms with Gasteiger partial charge in [0.1, 0.15) is 17.7 Å². The van der Waals surface area contributed by atoms with Crippen molar-refractivity contribution in [1.82, 2.24) is 14.8 Å². The lowest BCUT2D eigenvalue weighted by molar-refractivity contribution is -0.0501. The standard InChI is InChI=1S/C19H24F2N4O2/c1-2-25-17(13-5-3-6-13)22-23-19(25)24-9-10-26-16(12-24)14-7-4-8-15(11-14)27-18(20)21/h4,7-8,11,13,16,18H,2-3,5-6,9-10,12H2,1H3/t16-/m0/s1. The number of hydrogen-bond donors (Lipinski definition) is 0. The van der Waals surface area contributed by atoms with Gasteiger partial charge in [-0.15, -0.1) is 10.2 Å². The van der Waals surface area contributed by atoms with E-state index in [4.69, 9.17) is 4.74 Å². The third kappa shape index (κ3) is 3.76. The second kappa shape index (κ2) is 7.80. The van der Waals surface area contributed by atoms with Crippen molar-refractivity contribution in [2.24, 2.45) is 0 Å². The van der Waals surface area contributed by atoms with Gasteiger partial charge in [-0.1, -0.05) is 18.6 Å². The number of aromatic nitrogens is 3. The van der Waals surface area contributed by atoms with Gasteiger partial charge < -0.3 is 14.4 Å². The summed E-state index contributed by atoms with van der Waals surface area (Å²) < 4.78 is 37.6. The van der Waals surface area contributed by atoms with Gasteiger partial charge >= 0.3 is 6.61 Å². The lowest BCUT2D eigenvalue weighted by atomic mass is 9.85. The van der Waals surface area contributed by atoms with Gasteiger partial charge in [-0.3, -0.25) is 4.57 Å². The van der Waals surface area contributed by atoms with Gasteiger partial charge in [-0.05, 0) is 37.5 Å². The first-order valence-corrected chi connectivity index (χ1v) is 9.50. The van der Waals surface area contributed by atoms with Crippen molar-refractivity contribution in [3.8, 4) is 5.75 Å². The molecule has 1 aliphatic carbocycles. The SMILES string of the molecule is CCn1c(C2CCC2)nnc1N1CCO[C@H](c2cccc(OC(F)F)c2)C1. The van der Waals surface area contributed by atoms with Crippen molar-refractivity contribution in [1.29, 1.82) is 0 Å². The fraction of sp³-hybridized carbons (Fsp3) is 0.579. The van der Waals surface area contributed by atoms with Crippen molar-refractivity contribution in [3.05, 3.63) is 35.7 Å². The van der Waals surface area contributed by atoms with Gasteiger partial charge in [0, 0.05) is 19.0 Å². The Morgan fingerprint density at radius 1 is 1.30 bits per heavy atom. The molecule has 0 N–H and O–H groups in total. The first kappa shape index (κ1) is 18.2. The summed E-state index contributed by atoms with van der Waals surface area (Å²) in [6.07, 6.45) is 3.39. The average Bonchev–Trinajstić information content (AvgIpc) is 3.03. The van der Waals surface area contributed by atoms with Crippen LogP contribution in [-0.4, -0.2) is 41.1 Å². The molecule has 2 aromatic rings. The number of halogens is 2. The second-order valence-electron chi connectivity index (χ2n) is 6.99. The Morgan fingerprint density at radius 2 is 2.15 bits per heavy atom. The number of hydrogen-bond acceptors (Lipinski definition) is 5. The fourth-order valence-corrected chi connectivity index (χ4v) is 3.74. The van der Waals surface area contributed by atoms with Crippen molar-refractivity contribution < 1.29 is 18.3 Å². The number of rotatable bonds is 6. The second-order valence-corrected chi connectivity index (χ2v) is 6.99. The maximum Gasteiger partial charge on any atom is 0.387 e. The number of morpholine rings is 1. The predicted molar refractivity (Wildman–Crippen MR) is 96.3 cm³/mol. The Balaban J connectivity index is 1.52. The summed E-state index contributed by atoms with van der Waals surface area (Å²) in [5.41, 5.74) is 0.819. The fourth-order valence-electron chi connectivity index (χ4n) is 3.74. The van der Waals surface area contributed by atoms with Gasteiger partial charge in [0.15, 0.2) is 0 Å². The first-order chi connectivity index (χ1) is 13.2. The van der Waals surface area contributed by atoms with E-state index in [0.717, 1.165) is 30.4 Å². The Hall–Kier alpha value is -2.22. The van der Waals surface area contributed by atoms with E-state index < -0.39 is 6.61 Å². The van der Waals surface area contributed by atoms with E-state index in [-0.39, 0.29) is 11.9 Å². The van der Waals surface area contributed by atoms with Crippen molar-refractivity contribution in [2.75, 3.05) is 24.6 Å². The molecule has 4 rings (SSSR count). The van der Waals surface area contributed by atoms with Crippen LogP contribution >= 0.6 is 0 Å². The van der Waals surface area contributed by atoms with Crippen LogP contribution in [0.3, 0.4) is 0 Å². The molecule has 1 aromatic heterocycles. The molecule has 1 aliphatic heterocycles. The Morgan fingerprint density at radius 3 is 2.85 bits per heavy atom. The van der Waals surface area contributed by atoms with Crippen LogP contribution < -0.4 is 9.64 Å². The Labute approximate surface area is 157 Å². The number of nitrogens with zero attached hydrogens (tertiary/aromatic N) is 4. The van der Waals surface area contributed by atoms with Crippen LogP contribution in [0.2, 0.25) is 0 Å². The van der Waals surface area contributed by atoms with Gasteiger partial charge in [0.2, 0.25) is 5.95 Å². The van der Waals surface area contributed by atoms with E-state index in [1.165, 1.54) is 25.3 Å². The van der Waals surface area contributed by atoms with Gasteiger partial charge in [-0.25, -0.2) is 0 Å². The molecule has 6 nitrogen and oxygen atoms in total. The van der Waals surface area contributed by atoms with Gasteiger partial charge in [0.25, 0.3) is 0 Å². The predicted octanol–water partition coefficient (Wildman–Crippen LogP) is 3.74. The topological polar surface area (TPSA) is 52.4 Å². The zero-order valence-electron chi connectivity index (χ0n) is 15.4. The van der Waals surface area contributed by atoms with Crippen molar-refractivity contribution >= 4 is 5.95 Å². The van der Waals surface area contributed by atoms with E-state index in [0.29, 0.717) is 19.1 Å². The molecule has 2 fully saturated rings. The van der Waals surface area contributed by atoms with Crippen molar-refractivity contribution in [2.45, 2.75) is 51.4 Å². The molecular formula is C19H24F2N4O2. The molecule has 1 aromatic carbocycles. The van der Waals surface area contributed by atoms with E-state index in [1.807, 2.05) is 6.07 Å². The summed E-state index contributed by atoms with van der Waals surface area (Å²) in [5.74, 6) is 2.61. The molecule has 27 heavy (non-hydrogen) atoms. The van der Waals surface area contributed by atoms with Crippen LogP contribution in [0.4, 0.5) is 14.7 Å². The lowest BCUT2D eigenvalue weighted by Crippen LogP contribution is -2.40. The molecule has 146 valence electrons. The van der Waals surface area contributed by atoms with Crippen LogP contribution in [0.25, 0.3) is 0 Å². The summed E-state index contributed by atoms with van der Waals surface area (Å²) in [4.78, 5) is 2.17. The molecule has 0 unspecified atom stereocenters. The molecule has 1 atom stereocenters. The molecule has 1 saturated carbocycles. The Kier molecular flexibility index (Phi) is 5.24. The maximum atomic E-state index is 12.5. The molecule has 1 saturated heterocycles. The molecule has 0 amide bonds. The smallest absolute Gasteiger partial charge is 0.387 e. The van der Waals surface area contributed by atoms with Gasteiger partial charge in [-0.2, -0.15) is 8.78 Å². The summed E-state index contributed by atoms with van der Waals surface area (Å²) in [7, 11) is 0. The molecule has 2 heterocycles. The number of benzene rings is 1. The number of anilines is 1. The lowest BCUT2D eigenvalue weighted by Gasteiger charge is -2.34. The van der Waals surface area contributed by atoms with Crippen LogP contribution in [-0.2, 0) is 11.3 Å². The highest BCUT2D eigenvalue weighted by Crippen LogP contribution is 2.37. The van der Waals surface area contributed by atoms with Crippen LogP contribution in [0.1, 0.15) is 49.6 Å². The zero-order valence-corrected chi connectivity index (χ0v) is 15.4. The monoisotopic (exact) mass is 378 g/mol. The molecule has 0 spiro atoms. The Bertz CT molecular complexity index is 779. The highest BCUT2D eigenvalue weighted by molar-refractivity contribution is 5.36. The normalized spacial score (nSPS) is 20.7. The molecule has 0 bridgehead atoms. The van der Waals surface area contributed by atoms with Crippen LogP contribution in [0.15, 0.2) is 24.3 Å². The highest BCUT2D eigenvalue weighted by atomic mass is 19.3. The summed E-state index contributed by atoms with van der Waals surface area (Å²) in [6, 6.07) is 6.72. The van der Waals surface area contributed by atoms with Crippen LogP contribution in [0, 0.1) is 0 Å². The minimum atomic E-state index is -2.84. The summed E-state index contributed by atoms with van der Waals surface area (Å²) in [5, 5.41) is 8.91. The van der Waals surface area contributed by atoms with E-state index in [2.05, 4.69) is 31.3 Å². The van der Waals surface area contributed by atoms with Crippen LogP contribution in [0.5, 0.6) is 5.75 Å². The van der Waals surface area contributed by atoms with E-state index >= 15 is 0 Å². The molecule has 2 aliphatic rings. The highest BCUT2D eigenvalue weighted by Gasteiger charge is 2.30. The summed E-state index contributed by atoms with van der Waals surface area (Å²) in [6.45, 7) is 1.97. The largest absolute Gasteiger partial charge is 0.435 e. The third-order valence-electron chi connectivity index (χ3n) is 5.35. The van der Waals surface area contributed by atoms with Crippen molar-refractivity contribution in [3.63, 3.8) is 0 Å². The van der Waals surface area contributed by atoms with E-state index in [9.17, 15) is 8.78 Å². The van der Waals surface area contributed by atoms with E-state index in [1.54, 1.807) is 12.1 Å². The average molecular weight is 378 g/mol. The number of ether oxygens (including phenoxy) is 2. The van der Waals surface area contributed by atoms with Gasteiger partial charge in [0.05, 0.1) is 13.2 Å². The summed E-state index contributed by atoms with van der Waals surface area (Å²) >= 11 is 0. The number of alkyl halides is 2. The zero-order chi connectivity index (χ0) is 18.8. The minimum absolute atomic E-state index is 0.146. The minimum Gasteiger partial charge on any atom is -0.435 e. The molecule has 8 heteroatoms. The first-order valence-electron chi connectivity index (χ1n) is 9.50. The molecular weight excluding hydrogens is 354 g/mol.